The minimum Gasteiger partial charge on any atom is -0.383 e. The van der Waals surface area contributed by atoms with Gasteiger partial charge in [0.15, 0.2) is 0 Å². The molecule has 208 valence electrons. The number of aromatic nitrogens is 5. The third-order valence-corrected chi connectivity index (χ3v) is 8.64. The maximum absolute atomic E-state index is 10.1. The van der Waals surface area contributed by atoms with Gasteiger partial charge in [-0.15, -0.1) is 5.10 Å². The van der Waals surface area contributed by atoms with Crippen molar-refractivity contribution >= 4 is 33.1 Å². The molecule has 3 aliphatic carbocycles. The smallest absolute Gasteiger partial charge is 0.110 e. The zero-order valence-corrected chi connectivity index (χ0v) is 23.9. The van der Waals surface area contributed by atoms with Gasteiger partial charge in [-0.25, -0.2) is 4.68 Å². The predicted molar refractivity (Wildman–Crippen MR) is 162 cm³/mol. The molecular formula is C33H31N9. The van der Waals surface area contributed by atoms with Crippen molar-refractivity contribution in [1.82, 2.24) is 25.0 Å². The number of nitrogens with one attached hydrogen (secondary N) is 2. The lowest BCUT2D eigenvalue weighted by Crippen LogP contribution is -2.59. The van der Waals surface area contributed by atoms with Crippen LogP contribution < -0.4 is 10.6 Å². The second kappa shape index (κ2) is 9.53. The van der Waals surface area contributed by atoms with Crippen molar-refractivity contribution in [1.29, 1.82) is 10.5 Å². The Labute approximate surface area is 244 Å². The van der Waals surface area contributed by atoms with Crippen molar-refractivity contribution in [2.45, 2.75) is 51.6 Å². The van der Waals surface area contributed by atoms with Gasteiger partial charge in [-0.2, -0.15) is 10.5 Å². The molecule has 3 saturated carbocycles. The minimum absolute atomic E-state index is 0.0171. The van der Waals surface area contributed by atoms with E-state index in [1.54, 1.807) is 6.20 Å². The topological polar surface area (TPSA) is 128 Å². The zero-order chi connectivity index (χ0) is 29.1. The van der Waals surface area contributed by atoms with Crippen LogP contribution >= 0.6 is 0 Å². The molecule has 3 aromatic heterocycles. The fourth-order valence-corrected chi connectivity index (χ4v) is 6.33. The molecule has 0 radical (unpaired) electrons. The number of fused-ring (bicyclic) bond motifs is 2. The molecular weight excluding hydrogens is 522 g/mol. The lowest BCUT2D eigenvalue weighted by atomic mass is 9.50. The molecule has 2 N–H and O–H groups in total. The maximum atomic E-state index is 10.1. The molecule has 2 bridgehead atoms. The van der Waals surface area contributed by atoms with Crippen molar-refractivity contribution in [3.05, 3.63) is 83.6 Å². The third kappa shape index (κ3) is 4.29. The summed E-state index contributed by atoms with van der Waals surface area (Å²) in [6.07, 6.45) is 10.8. The van der Waals surface area contributed by atoms with E-state index >= 15 is 0 Å². The molecule has 2 aromatic carbocycles. The second-order valence-electron chi connectivity index (χ2n) is 12.9. The van der Waals surface area contributed by atoms with Crippen LogP contribution in [0.2, 0.25) is 0 Å². The van der Waals surface area contributed by atoms with Gasteiger partial charge < -0.3 is 10.6 Å². The van der Waals surface area contributed by atoms with Crippen LogP contribution in [0.25, 0.3) is 21.7 Å². The van der Waals surface area contributed by atoms with Crippen molar-refractivity contribution < 1.29 is 0 Å². The quantitative estimate of drug-likeness (QED) is 0.241. The molecule has 3 heterocycles. The van der Waals surface area contributed by atoms with Crippen LogP contribution in [0, 0.1) is 34.0 Å². The van der Waals surface area contributed by atoms with Crippen molar-refractivity contribution in [2.75, 3.05) is 17.2 Å². The number of hydrogen-bond acceptors (Lipinski definition) is 8. The lowest BCUT2D eigenvalue weighted by molar-refractivity contribution is -0.0989. The van der Waals surface area contributed by atoms with Gasteiger partial charge in [0, 0.05) is 41.6 Å². The number of pyridine rings is 2. The fraction of sp³-hybridized carbons (Fsp3) is 0.333. The molecule has 5 aromatic rings. The highest BCUT2D eigenvalue weighted by atomic mass is 15.5. The van der Waals surface area contributed by atoms with E-state index in [2.05, 4.69) is 80.8 Å². The van der Waals surface area contributed by atoms with E-state index in [-0.39, 0.29) is 17.0 Å². The van der Waals surface area contributed by atoms with Crippen LogP contribution in [0.15, 0.2) is 61.2 Å². The first-order chi connectivity index (χ1) is 20.3. The Balaban J connectivity index is 1.36. The number of nitriles is 2. The van der Waals surface area contributed by atoms with E-state index < -0.39 is 0 Å². The van der Waals surface area contributed by atoms with Gasteiger partial charge in [0.2, 0.25) is 0 Å². The van der Waals surface area contributed by atoms with Crippen molar-refractivity contribution in [3.8, 4) is 12.1 Å². The van der Waals surface area contributed by atoms with E-state index in [1.165, 1.54) is 25.5 Å². The third-order valence-electron chi connectivity index (χ3n) is 8.64. The van der Waals surface area contributed by atoms with Gasteiger partial charge in [-0.05, 0) is 59.7 Å². The summed E-state index contributed by atoms with van der Waals surface area (Å²) in [4.78, 5) is 8.83. The zero-order valence-electron chi connectivity index (χ0n) is 23.9. The molecule has 0 saturated heterocycles. The molecule has 0 amide bonds. The molecule has 42 heavy (non-hydrogen) atoms. The van der Waals surface area contributed by atoms with E-state index in [0.717, 1.165) is 39.0 Å². The van der Waals surface area contributed by atoms with Gasteiger partial charge in [0.05, 0.1) is 40.1 Å². The first-order valence-corrected chi connectivity index (χ1v) is 14.3. The fourth-order valence-electron chi connectivity index (χ4n) is 6.33. The number of benzene rings is 2. The molecule has 1 atom stereocenters. The Morgan fingerprint density at radius 3 is 2.57 bits per heavy atom. The van der Waals surface area contributed by atoms with Crippen molar-refractivity contribution in [3.63, 3.8) is 0 Å². The first kappa shape index (κ1) is 25.9. The average molecular weight is 554 g/mol. The van der Waals surface area contributed by atoms with Gasteiger partial charge in [0.1, 0.15) is 17.8 Å². The summed E-state index contributed by atoms with van der Waals surface area (Å²) in [7, 11) is 0. The molecule has 9 heteroatoms. The molecule has 3 fully saturated rings. The normalized spacial score (nSPS) is 19.8. The highest BCUT2D eigenvalue weighted by molar-refractivity contribution is 5.99. The van der Waals surface area contributed by atoms with Crippen molar-refractivity contribution in [2.24, 2.45) is 11.3 Å². The average Bonchev–Trinajstić information content (AvgIpc) is 3.41. The summed E-state index contributed by atoms with van der Waals surface area (Å²) in [5, 5.41) is 39.3. The summed E-state index contributed by atoms with van der Waals surface area (Å²) < 4.78 is 2.06. The highest BCUT2D eigenvalue weighted by Crippen LogP contribution is 2.62. The Hall–Kier alpha value is -5.02. The number of hydrogen-bond donors (Lipinski definition) is 2. The van der Waals surface area contributed by atoms with Gasteiger partial charge >= 0.3 is 0 Å². The first-order valence-electron chi connectivity index (χ1n) is 14.3. The minimum atomic E-state index is -0.348. The molecule has 8 rings (SSSR count). The lowest BCUT2D eigenvalue weighted by Gasteiger charge is -2.61. The molecule has 0 aliphatic heterocycles. The van der Waals surface area contributed by atoms with Gasteiger partial charge in [0.25, 0.3) is 0 Å². The molecule has 9 nitrogen and oxygen atoms in total. The molecule has 3 aliphatic rings. The summed E-state index contributed by atoms with van der Waals surface area (Å²) in [5.74, 6) is 0.826. The van der Waals surface area contributed by atoms with Crippen LogP contribution in [0.1, 0.15) is 68.5 Å². The Morgan fingerprint density at radius 2 is 1.86 bits per heavy atom. The summed E-state index contributed by atoms with van der Waals surface area (Å²) in [6.45, 7) is 7.05. The maximum Gasteiger partial charge on any atom is 0.110 e. The van der Waals surface area contributed by atoms with Crippen LogP contribution in [0.5, 0.6) is 0 Å². The monoisotopic (exact) mass is 553 g/mol. The van der Waals surface area contributed by atoms with Crippen LogP contribution in [0.4, 0.5) is 11.4 Å². The largest absolute Gasteiger partial charge is 0.383 e. The van der Waals surface area contributed by atoms with Gasteiger partial charge in [-0.3, -0.25) is 9.97 Å². The standard InChI is InChI=1S/C33H31N9/c1-32(2,3)19-38-30-23(15-35)17-37-29-22(14-34)9-24(10-27(29)30)39-31(26-6-4-5-21-16-36-8-7-25(21)26)28-18-42(41-40-28)33-11-20(12-33)13-33/h4-10,16-18,20,31,39H,11-13,19H2,1-3H3,(H,37,38)/t20?,31-,33?/m0/s1. The van der Waals surface area contributed by atoms with Crippen LogP contribution in [-0.2, 0) is 5.54 Å². The van der Waals surface area contributed by atoms with E-state index in [9.17, 15) is 10.5 Å². The predicted octanol–water partition coefficient (Wildman–Crippen LogP) is 6.29. The number of nitrogens with zero attached hydrogens (tertiary/aromatic N) is 7. The Bertz CT molecular complexity index is 1910. The Kier molecular flexibility index (Phi) is 5.88. The highest BCUT2D eigenvalue weighted by Gasteiger charge is 2.58. The van der Waals surface area contributed by atoms with Crippen LogP contribution in [-0.4, -0.2) is 31.5 Å². The summed E-state index contributed by atoms with van der Waals surface area (Å²) >= 11 is 0. The summed E-state index contributed by atoms with van der Waals surface area (Å²) in [5.41, 5.74) is 4.77. The van der Waals surface area contributed by atoms with E-state index in [1.807, 2.05) is 36.5 Å². The SMILES string of the molecule is CC(C)(C)CNc1c(C#N)cnc2c(C#N)cc(N[C@H](c3cn(C45CC(C4)C5)nn3)c3cccc4cnccc34)cc12. The number of rotatable bonds is 7. The Morgan fingerprint density at radius 1 is 1.05 bits per heavy atom. The van der Waals surface area contributed by atoms with Crippen LogP contribution in [0.3, 0.4) is 0 Å². The summed E-state index contributed by atoms with van der Waals surface area (Å²) in [6, 6.07) is 16.2. The second-order valence-corrected chi connectivity index (χ2v) is 12.9. The van der Waals surface area contributed by atoms with E-state index in [0.29, 0.717) is 28.9 Å². The van der Waals surface area contributed by atoms with Gasteiger partial charge in [-0.1, -0.05) is 44.2 Å². The molecule has 0 spiro atoms. The van der Waals surface area contributed by atoms with E-state index in [4.69, 9.17) is 0 Å². The molecule has 0 unspecified atom stereocenters. The number of anilines is 2.